The molecule has 0 aliphatic heterocycles. The fourth-order valence-electron chi connectivity index (χ4n) is 1.22. The standard InChI is InChI=1S/C10H15N3O/c1-6(2)9-5-4-8(7(3)12-9)10(14)13-11/h4-6H,11H2,1-3H3,(H,13,14). The average molecular weight is 193 g/mol. The lowest BCUT2D eigenvalue weighted by Crippen LogP contribution is -2.30. The zero-order valence-electron chi connectivity index (χ0n) is 8.66. The van der Waals surface area contributed by atoms with Crippen LogP contribution in [-0.4, -0.2) is 10.9 Å². The van der Waals surface area contributed by atoms with Crippen LogP contribution in [0, 0.1) is 6.92 Å². The highest BCUT2D eigenvalue weighted by Gasteiger charge is 2.10. The zero-order valence-corrected chi connectivity index (χ0v) is 8.66. The second-order valence-corrected chi connectivity index (χ2v) is 3.50. The summed E-state index contributed by atoms with van der Waals surface area (Å²) in [5, 5.41) is 0. The third kappa shape index (κ3) is 2.09. The molecule has 4 heteroatoms. The molecule has 0 radical (unpaired) electrons. The largest absolute Gasteiger partial charge is 0.290 e. The predicted octanol–water partition coefficient (Wildman–Crippen LogP) is 1.12. The topological polar surface area (TPSA) is 68.0 Å². The molecule has 0 spiro atoms. The lowest BCUT2D eigenvalue weighted by atomic mass is 10.1. The molecule has 0 saturated heterocycles. The van der Waals surface area contributed by atoms with Crippen molar-refractivity contribution in [2.24, 2.45) is 5.84 Å². The quantitative estimate of drug-likeness (QED) is 0.420. The maximum atomic E-state index is 11.2. The van der Waals surface area contributed by atoms with Gasteiger partial charge in [0, 0.05) is 5.69 Å². The van der Waals surface area contributed by atoms with Crippen LogP contribution < -0.4 is 11.3 Å². The fourth-order valence-corrected chi connectivity index (χ4v) is 1.22. The van der Waals surface area contributed by atoms with E-state index in [2.05, 4.69) is 24.3 Å². The number of nitrogen functional groups attached to an aromatic ring is 1. The van der Waals surface area contributed by atoms with Crippen LogP contribution in [0.4, 0.5) is 0 Å². The second kappa shape index (κ2) is 4.19. The van der Waals surface area contributed by atoms with E-state index in [1.165, 1.54) is 0 Å². The first-order valence-electron chi connectivity index (χ1n) is 4.54. The number of nitrogens with one attached hydrogen (secondary N) is 1. The van der Waals surface area contributed by atoms with E-state index in [9.17, 15) is 4.79 Å². The molecule has 1 amide bonds. The second-order valence-electron chi connectivity index (χ2n) is 3.50. The molecule has 3 N–H and O–H groups in total. The number of amides is 1. The predicted molar refractivity (Wildman–Crippen MR) is 54.7 cm³/mol. The summed E-state index contributed by atoms with van der Waals surface area (Å²) < 4.78 is 0. The summed E-state index contributed by atoms with van der Waals surface area (Å²) in [7, 11) is 0. The molecule has 14 heavy (non-hydrogen) atoms. The van der Waals surface area contributed by atoms with Crippen molar-refractivity contribution in [2.75, 3.05) is 0 Å². The van der Waals surface area contributed by atoms with Gasteiger partial charge in [0.05, 0.1) is 11.3 Å². The Morgan fingerprint density at radius 1 is 1.50 bits per heavy atom. The van der Waals surface area contributed by atoms with Crippen LogP contribution in [-0.2, 0) is 0 Å². The SMILES string of the molecule is Cc1nc(C(C)C)ccc1C(=O)NN. The molecule has 0 aliphatic rings. The lowest BCUT2D eigenvalue weighted by Gasteiger charge is -2.08. The molecule has 1 rings (SSSR count). The van der Waals surface area contributed by atoms with Crippen LogP contribution in [0.1, 0.15) is 41.5 Å². The third-order valence-corrected chi connectivity index (χ3v) is 2.07. The van der Waals surface area contributed by atoms with E-state index in [-0.39, 0.29) is 5.91 Å². The first-order valence-corrected chi connectivity index (χ1v) is 4.54. The first-order chi connectivity index (χ1) is 6.56. The summed E-state index contributed by atoms with van der Waals surface area (Å²) in [6.07, 6.45) is 0. The lowest BCUT2D eigenvalue weighted by molar-refractivity contribution is 0.0952. The molecule has 0 fully saturated rings. The Hall–Kier alpha value is -1.42. The number of hydrogen-bond acceptors (Lipinski definition) is 3. The minimum Gasteiger partial charge on any atom is -0.290 e. The summed E-state index contributed by atoms with van der Waals surface area (Å²) in [5.41, 5.74) is 4.31. The number of pyridine rings is 1. The van der Waals surface area contributed by atoms with Crippen molar-refractivity contribution in [1.82, 2.24) is 10.4 Å². The van der Waals surface area contributed by atoms with Crippen LogP contribution in [0.3, 0.4) is 0 Å². The molecule has 0 aliphatic carbocycles. The van der Waals surface area contributed by atoms with Crippen molar-refractivity contribution in [3.63, 3.8) is 0 Å². The Labute approximate surface area is 83.5 Å². The van der Waals surface area contributed by atoms with Crippen LogP contribution in [0.15, 0.2) is 12.1 Å². The van der Waals surface area contributed by atoms with E-state index >= 15 is 0 Å². The molecule has 0 saturated carbocycles. The molecule has 1 aromatic rings. The number of carbonyl (C=O) groups is 1. The van der Waals surface area contributed by atoms with Gasteiger partial charge in [0.2, 0.25) is 0 Å². The molecular weight excluding hydrogens is 178 g/mol. The van der Waals surface area contributed by atoms with E-state index < -0.39 is 0 Å². The number of hydrogen-bond donors (Lipinski definition) is 2. The van der Waals surface area contributed by atoms with E-state index in [1.807, 2.05) is 6.07 Å². The van der Waals surface area contributed by atoms with Crippen LogP contribution >= 0.6 is 0 Å². The molecule has 0 atom stereocenters. The Kier molecular flexibility index (Phi) is 3.19. The van der Waals surface area contributed by atoms with Crippen LogP contribution in [0.2, 0.25) is 0 Å². The number of rotatable bonds is 2. The molecule has 0 bridgehead atoms. The van der Waals surface area contributed by atoms with Gasteiger partial charge in [-0.15, -0.1) is 0 Å². The van der Waals surface area contributed by atoms with Crippen molar-refractivity contribution >= 4 is 5.91 Å². The van der Waals surface area contributed by atoms with Crippen molar-refractivity contribution in [1.29, 1.82) is 0 Å². The van der Waals surface area contributed by atoms with Gasteiger partial charge in [-0.05, 0) is 25.0 Å². The highest BCUT2D eigenvalue weighted by molar-refractivity contribution is 5.94. The Morgan fingerprint density at radius 3 is 2.57 bits per heavy atom. The van der Waals surface area contributed by atoms with Crippen LogP contribution in [0.5, 0.6) is 0 Å². The fraction of sp³-hybridized carbons (Fsp3) is 0.400. The van der Waals surface area contributed by atoms with Gasteiger partial charge in [0.1, 0.15) is 0 Å². The van der Waals surface area contributed by atoms with Gasteiger partial charge in [-0.3, -0.25) is 15.2 Å². The Balaban J connectivity index is 3.07. The van der Waals surface area contributed by atoms with Gasteiger partial charge in [0.15, 0.2) is 0 Å². The summed E-state index contributed by atoms with van der Waals surface area (Å²) in [6, 6.07) is 3.60. The van der Waals surface area contributed by atoms with Gasteiger partial charge in [-0.25, -0.2) is 5.84 Å². The smallest absolute Gasteiger partial charge is 0.267 e. The molecule has 0 unspecified atom stereocenters. The van der Waals surface area contributed by atoms with Gasteiger partial charge < -0.3 is 0 Å². The number of aromatic nitrogens is 1. The molecule has 0 aromatic carbocycles. The number of nitrogens with zero attached hydrogens (tertiary/aromatic N) is 1. The number of carbonyl (C=O) groups excluding carboxylic acids is 1. The van der Waals surface area contributed by atoms with E-state index in [1.54, 1.807) is 13.0 Å². The monoisotopic (exact) mass is 193 g/mol. The summed E-state index contributed by atoms with van der Waals surface area (Å²) >= 11 is 0. The highest BCUT2D eigenvalue weighted by atomic mass is 16.2. The van der Waals surface area contributed by atoms with Crippen molar-refractivity contribution < 1.29 is 4.79 Å². The van der Waals surface area contributed by atoms with Gasteiger partial charge in [0.25, 0.3) is 5.91 Å². The van der Waals surface area contributed by atoms with Crippen molar-refractivity contribution in [2.45, 2.75) is 26.7 Å². The van der Waals surface area contributed by atoms with Crippen LogP contribution in [0.25, 0.3) is 0 Å². The average Bonchev–Trinajstić information content (AvgIpc) is 2.16. The van der Waals surface area contributed by atoms with E-state index in [0.29, 0.717) is 17.2 Å². The minimum absolute atomic E-state index is 0.301. The molecule has 1 heterocycles. The maximum absolute atomic E-state index is 11.2. The van der Waals surface area contributed by atoms with E-state index in [4.69, 9.17) is 5.84 Å². The van der Waals surface area contributed by atoms with Crippen molar-refractivity contribution in [3.8, 4) is 0 Å². The molecule has 1 aromatic heterocycles. The van der Waals surface area contributed by atoms with Gasteiger partial charge in [-0.1, -0.05) is 13.8 Å². The Morgan fingerprint density at radius 2 is 2.14 bits per heavy atom. The summed E-state index contributed by atoms with van der Waals surface area (Å²) in [6.45, 7) is 5.92. The number of nitrogens with two attached hydrogens (primary N) is 1. The van der Waals surface area contributed by atoms with Gasteiger partial charge in [-0.2, -0.15) is 0 Å². The molecule has 4 nitrogen and oxygen atoms in total. The number of aryl methyl sites for hydroxylation is 1. The number of hydrazine groups is 1. The maximum Gasteiger partial charge on any atom is 0.267 e. The van der Waals surface area contributed by atoms with E-state index in [0.717, 1.165) is 5.69 Å². The third-order valence-electron chi connectivity index (χ3n) is 2.07. The zero-order chi connectivity index (χ0) is 10.7. The van der Waals surface area contributed by atoms with Gasteiger partial charge >= 0.3 is 0 Å². The molecule has 76 valence electrons. The normalized spacial score (nSPS) is 10.4. The summed E-state index contributed by atoms with van der Waals surface area (Å²) in [4.78, 5) is 15.6. The minimum atomic E-state index is -0.301. The van der Waals surface area contributed by atoms with Crippen molar-refractivity contribution in [3.05, 3.63) is 29.1 Å². The molecular formula is C10H15N3O. The first kappa shape index (κ1) is 10.7. The Bertz CT molecular complexity index is 347. The highest BCUT2D eigenvalue weighted by Crippen LogP contribution is 2.14. The summed E-state index contributed by atoms with van der Waals surface area (Å²) in [5.74, 6) is 5.11.